The molecule has 0 aliphatic carbocycles. The van der Waals surface area contributed by atoms with Gasteiger partial charge in [-0.05, 0) is 23.7 Å². The van der Waals surface area contributed by atoms with Crippen molar-refractivity contribution in [1.29, 1.82) is 0 Å². The first-order chi connectivity index (χ1) is 7.12. The maximum atomic E-state index is 2.29. The molecule has 0 heteroatoms. The van der Waals surface area contributed by atoms with Gasteiger partial charge in [-0.1, -0.05) is 81.1 Å². The molecule has 16 heavy (non-hydrogen) atoms. The van der Waals surface area contributed by atoms with Gasteiger partial charge >= 0.3 is 0 Å². The summed E-state index contributed by atoms with van der Waals surface area (Å²) >= 11 is 0. The summed E-state index contributed by atoms with van der Waals surface area (Å²) < 4.78 is 0. The van der Waals surface area contributed by atoms with Gasteiger partial charge in [0.2, 0.25) is 0 Å². The topological polar surface area (TPSA) is 0 Å². The highest BCUT2D eigenvalue weighted by atomic mass is 14.1. The summed E-state index contributed by atoms with van der Waals surface area (Å²) in [5.74, 6) is 0. The van der Waals surface area contributed by atoms with Crippen LogP contribution in [0.5, 0.6) is 0 Å². The predicted octanol–water partition coefficient (Wildman–Crippen LogP) is 6.45. The van der Waals surface area contributed by atoms with E-state index in [4.69, 9.17) is 0 Å². The Kier molecular flexibility index (Phi) is 10.4. The number of rotatable bonds is 4. The second-order valence-corrected chi connectivity index (χ2v) is 7.33. The Balaban J connectivity index is 0. The van der Waals surface area contributed by atoms with Crippen LogP contribution in [0, 0.1) is 10.8 Å². The van der Waals surface area contributed by atoms with Gasteiger partial charge < -0.3 is 0 Å². The smallest absolute Gasteiger partial charge is 0.0383 e. The van der Waals surface area contributed by atoms with Crippen molar-refractivity contribution in [3.05, 3.63) is 0 Å². The second kappa shape index (κ2) is 9.07. The average molecular weight is 228 g/mol. The van der Waals surface area contributed by atoms with E-state index >= 15 is 0 Å². The Labute approximate surface area is 105 Å². The largest absolute Gasteiger partial charge is 0.0654 e. The van der Waals surface area contributed by atoms with Crippen molar-refractivity contribution >= 4 is 0 Å². The molecular weight excluding hydrogens is 192 g/mol. The van der Waals surface area contributed by atoms with Crippen LogP contribution >= 0.6 is 0 Å². The van der Waals surface area contributed by atoms with Crippen molar-refractivity contribution < 1.29 is 0 Å². The standard InChI is InChI=1S/2C8H18/c2*1-5-6-7-8(2,3)4/h2*5-7H2,1-4H3. The summed E-state index contributed by atoms with van der Waals surface area (Å²) in [7, 11) is 0. The summed E-state index contributed by atoms with van der Waals surface area (Å²) in [6.45, 7) is 18.2. The van der Waals surface area contributed by atoms with E-state index < -0.39 is 0 Å². The molecule has 0 radical (unpaired) electrons. The first kappa shape index (κ1) is 18.4. The first-order valence-electron chi connectivity index (χ1n) is 7.12. The Morgan fingerprint density at radius 2 is 0.812 bits per heavy atom. The second-order valence-electron chi connectivity index (χ2n) is 7.33. The van der Waals surface area contributed by atoms with Crippen molar-refractivity contribution in [2.75, 3.05) is 0 Å². The van der Waals surface area contributed by atoms with Gasteiger partial charge in [-0.15, -0.1) is 0 Å². The zero-order valence-corrected chi connectivity index (χ0v) is 13.2. The number of unbranched alkanes of at least 4 members (excludes halogenated alkanes) is 2. The molecule has 0 nitrogen and oxygen atoms in total. The third kappa shape index (κ3) is 23.7. The third-order valence-corrected chi connectivity index (χ3v) is 2.56. The molecule has 0 aromatic rings. The molecule has 0 atom stereocenters. The molecule has 0 heterocycles. The van der Waals surface area contributed by atoms with Crippen LogP contribution in [0.4, 0.5) is 0 Å². The predicted molar refractivity (Wildman–Crippen MR) is 78.0 cm³/mol. The van der Waals surface area contributed by atoms with E-state index in [9.17, 15) is 0 Å². The molecule has 0 amide bonds. The third-order valence-electron chi connectivity index (χ3n) is 2.56. The van der Waals surface area contributed by atoms with Crippen LogP contribution in [0.25, 0.3) is 0 Å². The summed E-state index contributed by atoms with van der Waals surface area (Å²) in [5, 5.41) is 0. The van der Waals surface area contributed by atoms with E-state index in [1.54, 1.807) is 0 Å². The average Bonchev–Trinajstić information content (AvgIpc) is 2.10. The lowest BCUT2D eigenvalue weighted by atomic mass is 9.90. The van der Waals surface area contributed by atoms with Crippen molar-refractivity contribution in [1.82, 2.24) is 0 Å². The molecule has 0 rings (SSSR count). The normalized spacial score (nSPS) is 12.0. The molecule has 0 bridgehead atoms. The van der Waals surface area contributed by atoms with E-state index in [0.717, 1.165) is 0 Å². The fourth-order valence-corrected chi connectivity index (χ4v) is 1.41. The lowest BCUT2D eigenvalue weighted by Crippen LogP contribution is -2.03. The van der Waals surface area contributed by atoms with Gasteiger partial charge in [-0.3, -0.25) is 0 Å². The van der Waals surface area contributed by atoms with Crippen LogP contribution < -0.4 is 0 Å². The minimum atomic E-state index is 0.552. The van der Waals surface area contributed by atoms with E-state index in [-0.39, 0.29) is 0 Å². The maximum absolute atomic E-state index is 2.29. The minimum absolute atomic E-state index is 0.552. The van der Waals surface area contributed by atoms with E-state index in [0.29, 0.717) is 10.8 Å². The van der Waals surface area contributed by atoms with E-state index in [1.807, 2.05) is 0 Å². The molecule has 100 valence electrons. The van der Waals surface area contributed by atoms with Gasteiger partial charge in [0.25, 0.3) is 0 Å². The van der Waals surface area contributed by atoms with Crippen molar-refractivity contribution in [3.8, 4) is 0 Å². The van der Waals surface area contributed by atoms with E-state index in [2.05, 4.69) is 55.4 Å². The van der Waals surface area contributed by atoms with Crippen LogP contribution in [-0.2, 0) is 0 Å². The van der Waals surface area contributed by atoms with Crippen LogP contribution in [0.15, 0.2) is 0 Å². The lowest BCUT2D eigenvalue weighted by Gasteiger charge is -2.16. The molecule has 0 N–H and O–H groups in total. The summed E-state index contributed by atoms with van der Waals surface area (Å²) in [6, 6.07) is 0. The molecule has 0 unspecified atom stereocenters. The van der Waals surface area contributed by atoms with Crippen molar-refractivity contribution in [3.63, 3.8) is 0 Å². The fourth-order valence-electron chi connectivity index (χ4n) is 1.41. The fraction of sp³-hybridized carbons (Fsp3) is 1.00. The first-order valence-corrected chi connectivity index (χ1v) is 7.12. The Bertz CT molecular complexity index is 113. The number of hydrogen-bond acceptors (Lipinski definition) is 0. The Hall–Kier alpha value is 0. The minimum Gasteiger partial charge on any atom is -0.0654 e. The van der Waals surface area contributed by atoms with Crippen LogP contribution in [-0.4, -0.2) is 0 Å². The highest BCUT2D eigenvalue weighted by Gasteiger charge is 2.07. The van der Waals surface area contributed by atoms with Crippen LogP contribution in [0.1, 0.15) is 93.9 Å². The number of hydrogen-bond donors (Lipinski definition) is 0. The van der Waals surface area contributed by atoms with Crippen molar-refractivity contribution in [2.24, 2.45) is 10.8 Å². The molecule has 0 aliphatic heterocycles. The van der Waals surface area contributed by atoms with Gasteiger partial charge in [0.05, 0.1) is 0 Å². The molecule has 0 saturated carbocycles. The SMILES string of the molecule is CCCCC(C)(C)C.CCCCC(C)(C)C. The van der Waals surface area contributed by atoms with Gasteiger partial charge in [0, 0.05) is 0 Å². The highest BCUT2D eigenvalue weighted by molar-refractivity contribution is 4.60. The van der Waals surface area contributed by atoms with Gasteiger partial charge in [-0.2, -0.15) is 0 Å². The van der Waals surface area contributed by atoms with Gasteiger partial charge in [0.1, 0.15) is 0 Å². The molecule has 0 spiro atoms. The Morgan fingerprint density at radius 1 is 0.562 bits per heavy atom. The summed E-state index contributed by atoms with van der Waals surface area (Å²) in [4.78, 5) is 0. The molecule has 0 saturated heterocycles. The van der Waals surface area contributed by atoms with Gasteiger partial charge in [0.15, 0.2) is 0 Å². The molecule has 0 fully saturated rings. The zero-order chi connectivity index (χ0) is 13.2. The lowest BCUT2D eigenvalue weighted by molar-refractivity contribution is 0.363. The molecule has 0 aromatic heterocycles. The quantitative estimate of drug-likeness (QED) is 0.519. The van der Waals surface area contributed by atoms with Crippen molar-refractivity contribution in [2.45, 2.75) is 93.9 Å². The summed E-state index contributed by atoms with van der Waals surface area (Å²) in [6.07, 6.45) is 8.15. The van der Waals surface area contributed by atoms with E-state index in [1.165, 1.54) is 38.5 Å². The molecule has 0 aromatic carbocycles. The highest BCUT2D eigenvalue weighted by Crippen LogP contribution is 2.21. The molecular formula is C16H36. The van der Waals surface area contributed by atoms with Crippen LogP contribution in [0.3, 0.4) is 0 Å². The zero-order valence-electron chi connectivity index (χ0n) is 13.2. The van der Waals surface area contributed by atoms with Crippen LogP contribution in [0.2, 0.25) is 0 Å². The molecule has 0 aliphatic rings. The summed E-state index contributed by atoms with van der Waals surface area (Å²) in [5.41, 5.74) is 1.10. The van der Waals surface area contributed by atoms with Gasteiger partial charge in [-0.25, -0.2) is 0 Å². The maximum Gasteiger partial charge on any atom is -0.0383 e. The Morgan fingerprint density at radius 3 is 0.875 bits per heavy atom. The monoisotopic (exact) mass is 228 g/mol.